The number of hydrogen-bond acceptors (Lipinski definition) is 7. The molecule has 0 aliphatic carbocycles. The van der Waals surface area contributed by atoms with Crippen LogP contribution in [0, 0.1) is 0 Å². The summed E-state index contributed by atoms with van der Waals surface area (Å²) >= 11 is 11.5. The van der Waals surface area contributed by atoms with Crippen LogP contribution in [0.4, 0.5) is 11.4 Å². The maximum absolute atomic E-state index is 12.9. The molecule has 0 aliphatic heterocycles. The number of carbonyl (C=O) groups is 4. The maximum Gasteiger partial charge on any atom is 0.327 e. The number of aromatic nitrogens is 1. The molecule has 13 heteroatoms. The van der Waals surface area contributed by atoms with Crippen molar-refractivity contribution in [2.24, 2.45) is 0 Å². The van der Waals surface area contributed by atoms with Gasteiger partial charge in [0.05, 0.1) is 17.3 Å². The Bertz CT molecular complexity index is 1150. The number of nitrogen functional groups attached to an aromatic ring is 1. The number of anilines is 2. The summed E-state index contributed by atoms with van der Waals surface area (Å²) < 4.78 is 5.83. The zero-order chi connectivity index (χ0) is 25.4. The first kappa shape index (κ1) is 26.7. The van der Waals surface area contributed by atoms with Crippen LogP contribution < -0.4 is 22.0 Å². The van der Waals surface area contributed by atoms with E-state index in [1.165, 1.54) is 43.5 Å². The molecule has 3 amide bonds. The fourth-order valence-electron chi connectivity index (χ4n) is 2.72. The highest BCUT2D eigenvalue weighted by molar-refractivity contribution is 6.33. The number of rotatable bonds is 8. The average Bonchev–Trinajstić information content (AvgIpc) is 2.80. The number of nitrogens with two attached hydrogens (primary N) is 1. The van der Waals surface area contributed by atoms with Crippen molar-refractivity contribution in [3.63, 3.8) is 0 Å². The van der Waals surface area contributed by atoms with Crippen LogP contribution >= 0.6 is 23.2 Å². The van der Waals surface area contributed by atoms with Gasteiger partial charge in [-0.25, -0.2) is 5.01 Å². The summed E-state index contributed by atoms with van der Waals surface area (Å²) in [6.45, 7) is 2.51. The van der Waals surface area contributed by atoms with Crippen molar-refractivity contribution in [3.05, 3.63) is 57.5 Å². The van der Waals surface area contributed by atoms with E-state index in [-0.39, 0.29) is 22.9 Å². The molecule has 0 saturated heterocycles. The smallest absolute Gasteiger partial charge is 0.327 e. The lowest BCUT2D eigenvalue weighted by Gasteiger charge is -2.24. The van der Waals surface area contributed by atoms with E-state index in [0.717, 1.165) is 4.57 Å². The molecule has 0 fully saturated rings. The molecule has 0 bridgehead atoms. The third-order valence-electron chi connectivity index (χ3n) is 4.54. The Morgan fingerprint density at radius 1 is 1.24 bits per heavy atom. The predicted molar refractivity (Wildman–Crippen MR) is 126 cm³/mol. The lowest BCUT2D eigenvalue weighted by molar-refractivity contribution is -0.152. The van der Waals surface area contributed by atoms with Crippen LogP contribution in [-0.2, 0) is 19.1 Å². The van der Waals surface area contributed by atoms with Crippen molar-refractivity contribution >= 4 is 58.3 Å². The highest BCUT2D eigenvalue weighted by atomic mass is 35.5. The Hall–Kier alpha value is -3.57. The lowest BCUT2D eigenvalue weighted by atomic mass is 10.2. The molecule has 4 N–H and O–H groups in total. The first-order chi connectivity index (χ1) is 16.1. The summed E-state index contributed by atoms with van der Waals surface area (Å²) in [6, 6.07) is 5.96. The summed E-state index contributed by atoms with van der Waals surface area (Å²) in [5, 5.41) is 3.37. The van der Waals surface area contributed by atoms with E-state index >= 15 is 0 Å². The van der Waals surface area contributed by atoms with Gasteiger partial charge in [-0.1, -0.05) is 11.6 Å². The number of benzene rings is 1. The van der Waals surface area contributed by atoms with Gasteiger partial charge < -0.3 is 20.4 Å². The van der Waals surface area contributed by atoms with Gasteiger partial charge in [0.25, 0.3) is 23.3 Å². The first-order valence-electron chi connectivity index (χ1n) is 9.99. The summed E-state index contributed by atoms with van der Waals surface area (Å²) in [5.41, 5.74) is 7.60. The Morgan fingerprint density at radius 2 is 1.94 bits per heavy atom. The SMILES string of the molecule is CCOC(=O)CN(NC(=O)C(C)n1cccc(NC(=O)c2ccc(N)c(Cl)c2)c1=O)C(=O)CCl. The minimum Gasteiger partial charge on any atom is -0.465 e. The average molecular weight is 512 g/mol. The number of halogens is 2. The second-order valence-corrected chi connectivity index (χ2v) is 7.57. The molecule has 34 heavy (non-hydrogen) atoms. The summed E-state index contributed by atoms with van der Waals surface area (Å²) in [7, 11) is 0. The topological polar surface area (TPSA) is 153 Å². The van der Waals surface area contributed by atoms with Gasteiger partial charge in [0, 0.05) is 11.8 Å². The van der Waals surface area contributed by atoms with Gasteiger partial charge in [-0.2, -0.15) is 0 Å². The number of nitrogens with zero attached hydrogens (tertiary/aromatic N) is 2. The highest BCUT2D eigenvalue weighted by Crippen LogP contribution is 2.20. The van der Waals surface area contributed by atoms with E-state index in [2.05, 4.69) is 10.7 Å². The highest BCUT2D eigenvalue weighted by Gasteiger charge is 2.24. The normalized spacial score (nSPS) is 11.3. The first-order valence-corrected chi connectivity index (χ1v) is 10.9. The molecule has 11 nitrogen and oxygen atoms in total. The zero-order valence-electron chi connectivity index (χ0n) is 18.3. The number of hydrogen-bond donors (Lipinski definition) is 3. The van der Waals surface area contributed by atoms with E-state index in [0.29, 0.717) is 10.7 Å². The number of amides is 3. The number of pyridine rings is 1. The maximum atomic E-state index is 12.9. The molecule has 2 aromatic rings. The van der Waals surface area contributed by atoms with Gasteiger partial charge in [-0.3, -0.25) is 29.4 Å². The van der Waals surface area contributed by atoms with Crippen molar-refractivity contribution in [2.75, 3.05) is 30.1 Å². The quantitative estimate of drug-likeness (QED) is 0.210. The number of nitrogens with one attached hydrogen (secondary N) is 2. The largest absolute Gasteiger partial charge is 0.465 e. The molecular weight excluding hydrogens is 489 g/mol. The molecule has 182 valence electrons. The van der Waals surface area contributed by atoms with Crippen LogP contribution in [0.3, 0.4) is 0 Å². The fourth-order valence-corrected chi connectivity index (χ4v) is 3.05. The Balaban J connectivity index is 2.20. The monoisotopic (exact) mass is 511 g/mol. The molecule has 0 saturated carbocycles. The van der Waals surface area contributed by atoms with Crippen molar-refractivity contribution in [3.8, 4) is 0 Å². The lowest BCUT2D eigenvalue weighted by Crippen LogP contribution is -2.51. The third kappa shape index (κ3) is 6.72. The minimum absolute atomic E-state index is 0.0859. The summed E-state index contributed by atoms with van der Waals surface area (Å²) in [6.07, 6.45) is 1.33. The zero-order valence-corrected chi connectivity index (χ0v) is 19.9. The van der Waals surface area contributed by atoms with Crippen molar-refractivity contribution in [2.45, 2.75) is 19.9 Å². The van der Waals surface area contributed by atoms with Gasteiger partial charge >= 0.3 is 5.97 Å². The van der Waals surface area contributed by atoms with E-state index in [9.17, 15) is 24.0 Å². The van der Waals surface area contributed by atoms with Crippen molar-refractivity contribution in [1.82, 2.24) is 15.0 Å². The number of alkyl halides is 1. The van der Waals surface area contributed by atoms with Crippen LogP contribution in [0.1, 0.15) is 30.2 Å². The fraction of sp³-hybridized carbons (Fsp3) is 0.286. The summed E-state index contributed by atoms with van der Waals surface area (Å²) in [4.78, 5) is 61.9. The molecule has 0 radical (unpaired) electrons. The van der Waals surface area contributed by atoms with E-state index in [1.54, 1.807) is 6.92 Å². The van der Waals surface area contributed by atoms with Crippen LogP contribution in [-0.4, -0.2) is 52.3 Å². The predicted octanol–water partition coefficient (Wildman–Crippen LogP) is 1.56. The Kier molecular flexibility index (Phi) is 9.46. The van der Waals surface area contributed by atoms with Crippen LogP contribution in [0.15, 0.2) is 41.3 Å². The van der Waals surface area contributed by atoms with Crippen molar-refractivity contribution < 1.29 is 23.9 Å². The number of ether oxygens (including phenoxy) is 1. The van der Waals surface area contributed by atoms with E-state index < -0.39 is 47.7 Å². The molecule has 2 rings (SSSR count). The minimum atomic E-state index is -1.12. The van der Waals surface area contributed by atoms with Gasteiger partial charge in [0.2, 0.25) is 0 Å². The van der Waals surface area contributed by atoms with Crippen LogP contribution in [0.5, 0.6) is 0 Å². The molecule has 1 atom stereocenters. The van der Waals surface area contributed by atoms with Gasteiger partial charge in [0.1, 0.15) is 24.2 Å². The number of carbonyl (C=O) groups excluding carboxylic acids is 4. The Morgan fingerprint density at radius 3 is 2.56 bits per heavy atom. The van der Waals surface area contributed by atoms with Gasteiger partial charge in [0.15, 0.2) is 0 Å². The Labute approximate surface area is 204 Å². The molecule has 1 unspecified atom stereocenters. The second kappa shape index (κ2) is 12.1. The molecule has 1 aromatic carbocycles. The molecule has 1 aromatic heterocycles. The van der Waals surface area contributed by atoms with Crippen LogP contribution in [0.2, 0.25) is 5.02 Å². The van der Waals surface area contributed by atoms with E-state index in [1.807, 2.05) is 0 Å². The number of hydrazine groups is 1. The second-order valence-electron chi connectivity index (χ2n) is 6.90. The van der Waals surface area contributed by atoms with E-state index in [4.69, 9.17) is 33.7 Å². The standard InChI is InChI=1S/C21H23Cl2N5O6/c1-3-34-18(30)11-28(17(29)10-22)26-19(31)12(2)27-8-4-5-16(21(27)33)25-20(32)13-6-7-15(24)14(23)9-13/h4-9,12H,3,10-11,24H2,1-2H3,(H,25,32)(H,26,31). The molecule has 1 heterocycles. The molecular formula is C21H23Cl2N5O6. The third-order valence-corrected chi connectivity index (χ3v) is 5.09. The summed E-state index contributed by atoms with van der Waals surface area (Å²) in [5.74, 6) is -3.38. The van der Waals surface area contributed by atoms with Gasteiger partial charge in [-0.05, 0) is 44.2 Å². The van der Waals surface area contributed by atoms with Crippen molar-refractivity contribution in [1.29, 1.82) is 0 Å². The van der Waals surface area contributed by atoms with Crippen LogP contribution in [0.25, 0.3) is 0 Å². The number of esters is 1. The molecule has 0 spiro atoms. The molecule has 0 aliphatic rings. The van der Waals surface area contributed by atoms with Gasteiger partial charge in [-0.15, -0.1) is 11.6 Å².